The van der Waals surface area contributed by atoms with Crippen LogP contribution in [-0.2, 0) is 4.74 Å². The molecule has 0 aromatic heterocycles. The Morgan fingerprint density at radius 1 is 1.27 bits per heavy atom. The Morgan fingerprint density at radius 3 is 2.53 bits per heavy atom. The lowest BCUT2D eigenvalue weighted by atomic mass is 9.75. The Labute approximate surface area is 94.8 Å². The predicted octanol–water partition coefficient (Wildman–Crippen LogP) is 2.97. The molecule has 1 aliphatic carbocycles. The van der Waals surface area contributed by atoms with E-state index in [4.69, 9.17) is 4.74 Å². The maximum absolute atomic E-state index is 5.32. The van der Waals surface area contributed by atoms with E-state index in [0.717, 1.165) is 32.2 Å². The lowest BCUT2D eigenvalue weighted by Crippen LogP contribution is -2.36. The summed E-state index contributed by atoms with van der Waals surface area (Å²) < 4.78 is 5.32. The molecule has 0 amide bonds. The Morgan fingerprint density at radius 2 is 1.93 bits per heavy atom. The molecule has 1 fully saturated rings. The number of ether oxygens (including phenoxy) is 1. The van der Waals surface area contributed by atoms with Crippen LogP contribution in [0.1, 0.15) is 52.9 Å². The van der Waals surface area contributed by atoms with Gasteiger partial charge in [0, 0.05) is 19.3 Å². The van der Waals surface area contributed by atoms with Crippen molar-refractivity contribution >= 4 is 0 Å². The number of rotatable bonds is 6. The van der Waals surface area contributed by atoms with Gasteiger partial charge in [-0.3, -0.25) is 0 Å². The van der Waals surface area contributed by atoms with Crippen molar-refractivity contribution in [1.29, 1.82) is 0 Å². The fourth-order valence-corrected chi connectivity index (χ4v) is 2.23. The highest BCUT2D eigenvalue weighted by atomic mass is 16.5. The van der Waals surface area contributed by atoms with Gasteiger partial charge in [0.15, 0.2) is 0 Å². The van der Waals surface area contributed by atoms with Crippen molar-refractivity contribution in [2.24, 2.45) is 5.41 Å². The topological polar surface area (TPSA) is 21.3 Å². The molecular weight excluding hydrogens is 186 g/mol. The third kappa shape index (κ3) is 5.53. The first kappa shape index (κ1) is 13.0. The van der Waals surface area contributed by atoms with Gasteiger partial charge in [0.05, 0.1) is 0 Å². The standard InChI is InChI=1S/C13H27NO/c1-4-15-11-5-10-14-12-6-8-13(2,3)9-7-12/h12,14H,4-11H2,1-3H3. The Kier molecular flexibility index (Phi) is 5.62. The fraction of sp³-hybridized carbons (Fsp3) is 1.00. The largest absolute Gasteiger partial charge is 0.382 e. The zero-order valence-electron chi connectivity index (χ0n) is 10.6. The van der Waals surface area contributed by atoms with Gasteiger partial charge in [-0.2, -0.15) is 0 Å². The van der Waals surface area contributed by atoms with E-state index in [9.17, 15) is 0 Å². The summed E-state index contributed by atoms with van der Waals surface area (Å²) in [5.41, 5.74) is 0.587. The highest BCUT2D eigenvalue weighted by molar-refractivity contribution is 4.81. The zero-order valence-corrected chi connectivity index (χ0v) is 10.6. The molecule has 0 atom stereocenters. The van der Waals surface area contributed by atoms with Crippen LogP contribution in [-0.4, -0.2) is 25.8 Å². The van der Waals surface area contributed by atoms with Crippen molar-refractivity contribution in [3.63, 3.8) is 0 Å². The van der Waals surface area contributed by atoms with E-state index in [-0.39, 0.29) is 0 Å². The Bertz CT molecular complexity index is 158. The van der Waals surface area contributed by atoms with Gasteiger partial charge in [-0.25, -0.2) is 0 Å². The smallest absolute Gasteiger partial charge is 0.0477 e. The molecule has 15 heavy (non-hydrogen) atoms. The molecule has 0 radical (unpaired) electrons. The lowest BCUT2D eigenvalue weighted by Gasteiger charge is -2.34. The van der Waals surface area contributed by atoms with Crippen molar-refractivity contribution in [3.05, 3.63) is 0 Å². The average molecular weight is 213 g/mol. The molecule has 0 heterocycles. The second kappa shape index (κ2) is 6.49. The normalized spacial score (nSPS) is 21.8. The highest BCUT2D eigenvalue weighted by Gasteiger charge is 2.26. The summed E-state index contributed by atoms with van der Waals surface area (Å²) in [6.07, 6.45) is 6.59. The van der Waals surface area contributed by atoms with Crippen LogP contribution in [0.2, 0.25) is 0 Å². The molecule has 0 bridgehead atoms. The molecule has 1 rings (SSSR count). The van der Waals surface area contributed by atoms with Crippen LogP contribution in [0.25, 0.3) is 0 Å². The van der Waals surface area contributed by atoms with Gasteiger partial charge < -0.3 is 10.1 Å². The van der Waals surface area contributed by atoms with Crippen LogP contribution < -0.4 is 5.32 Å². The van der Waals surface area contributed by atoms with Crippen LogP contribution in [0.4, 0.5) is 0 Å². The van der Waals surface area contributed by atoms with E-state index in [1.165, 1.54) is 25.7 Å². The predicted molar refractivity (Wildman–Crippen MR) is 65.1 cm³/mol. The molecule has 0 aromatic rings. The maximum Gasteiger partial charge on any atom is 0.0477 e. The minimum atomic E-state index is 0.587. The molecule has 90 valence electrons. The van der Waals surface area contributed by atoms with Gasteiger partial charge in [-0.15, -0.1) is 0 Å². The van der Waals surface area contributed by atoms with Gasteiger partial charge in [0.2, 0.25) is 0 Å². The van der Waals surface area contributed by atoms with E-state index in [0.29, 0.717) is 5.41 Å². The molecular formula is C13H27NO. The van der Waals surface area contributed by atoms with E-state index in [1.807, 2.05) is 0 Å². The third-order valence-corrected chi connectivity index (χ3v) is 3.44. The molecule has 0 spiro atoms. The molecule has 0 unspecified atom stereocenters. The average Bonchev–Trinajstić information content (AvgIpc) is 2.20. The fourth-order valence-electron chi connectivity index (χ4n) is 2.23. The van der Waals surface area contributed by atoms with Gasteiger partial charge >= 0.3 is 0 Å². The van der Waals surface area contributed by atoms with Crippen LogP contribution in [0.3, 0.4) is 0 Å². The summed E-state index contributed by atoms with van der Waals surface area (Å²) in [5.74, 6) is 0. The minimum absolute atomic E-state index is 0.587. The summed E-state index contributed by atoms with van der Waals surface area (Å²) in [6.45, 7) is 9.69. The van der Waals surface area contributed by atoms with E-state index < -0.39 is 0 Å². The monoisotopic (exact) mass is 213 g/mol. The number of nitrogens with one attached hydrogen (secondary N) is 1. The first-order valence-corrected chi connectivity index (χ1v) is 6.45. The summed E-state index contributed by atoms with van der Waals surface area (Å²) in [5, 5.41) is 3.64. The van der Waals surface area contributed by atoms with Crippen LogP contribution >= 0.6 is 0 Å². The van der Waals surface area contributed by atoms with Crippen LogP contribution in [0.15, 0.2) is 0 Å². The SMILES string of the molecule is CCOCCCNC1CCC(C)(C)CC1. The van der Waals surface area contributed by atoms with Gasteiger partial charge in [-0.1, -0.05) is 13.8 Å². The Hall–Kier alpha value is -0.0800. The molecule has 0 saturated heterocycles. The third-order valence-electron chi connectivity index (χ3n) is 3.44. The second-order valence-corrected chi connectivity index (χ2v) is 5.44. The Balaban J connectivity index is 1.99. The van der Waals surface area contributed by atoms with Crippen molar-refractivity contribution in [2.75, 3.05) is 19.8 Å². The second-order valence-electron chi connectivity index (χ2n) is 5.44. The minimum Gasteiger partial charge on any atom is -0.382 e. The molecule has 1 N–H and O–H groups in total. The molecule has 1 saturated carbocycles. The van der Waals surface area contributed by atoms with Gasteiger partial charge in [-0.05, 0) is 51.0 Å². The molecule has 2 nitrogen and oxygen atoms in total. The molecule has 2 heteroatoms. The molecule has 0 aliphatic heterocycles. The number of hydrogen-bond acceptors (Lipinski definition) is 2. The van der Waals surface area contributed by atoms with Crippen LogP contribution in [0.5, 0.6) is 0 Å². The van der Waals surface area contributed by atoms with Crippen molar-refractivity contribution in [3.8, 4) is 0 Å². The molecule has 0 aromatic carbocycles. The van der Waals surface area contributed by atoms with Crippen LogP contribution in [0, 0.1) is 5.41 Å². The molecule has 1 aliphatic rings. The summed E-state index contributed by atoms with van der Waals surface area (Å²) in [7, 11) is 0. The van der Waals surface area contributed by atoms with Gasteiger partial charge in [0.25, 0.3) is 0 Å². The number of hydrogen-bond donors (Lipinski definition) is 1. The van der Waals surface area contributed by atoms with Crippen molar-refractivity contribution in [2.45, 2.75) is 58.9 Å². The highest BCUT2D eigenvalue weighted by Crippen LogP contribution is 2.34. The lowest BCUT2D eigenvalue weighted by molar-refractivity contribution is 0.141. The zero-order chi connectivity index (χ0) is 11.1. The van der Waals surface area contributed by atoms with E-state index in [1.54, 1.807) is 0 Å². The summed E-state index contributed by atoms with van der Waals surface area (Å²) in [4.78, 5) is 0. The summed E-state index contributed by atoms with van der Waals surface area (Å²) in [6, 6.07) is 0.764. The first-order chi connectivity index (χ1) is 7.14. The van der Waals surface area contributed by atoms with Gasteiger partial charge in [0.1, 0.15) is 0 Å². The van der Waals surface area contributed by atoms with E-state index in [2.05, 4.69) is 26.1 Å². The van der Waals surface area contributed by atoms with Crippen molar-refractivity contribution in [1.82, 2.24) is 5.32 Å². The summed E-state index contributed by atoms with van der Waals surface area (Å²) >= 11 is 0. The van der Waals surface area contributed by atoms with E-state index >= 15 is 0 Å². The van der Waals surface area contributed by atoms with Crippen molar-refractivity contribution < 1.29 is 4.74 Å². The maximum atomic E-state index is 5.32. The quantitative estimate of drug-likeness (QED) is 0.685. The first-order valence-electron chi connectivity index (χ1n) is 6.45.